The van der Waals surface area contributed by atoms with Gasteiger partial charge in [-0.15, -0.1) is 0 Å². The zero-order chi connectivity index (χ0) is 18.4. The molecule has 2 rings (SSSR count). The molecule has 0 aromatic rings. The Hall–Kier alpha value is -1.29. The van der Waals surface area contributed by atoms with Gasteiger partial charge in [-0.1, -0.05) is 23.8 Å². The van der Waals surface area contributed by atoms with Gasteiger partial charge in [0, 0.05) is 6.42 Å². The maximum atomic E-state index is 11.9. The van der Waals surface area contributed by atoms with E-state index in [1.807, 2.05) is 18.2 Å². The Balaban J connectivity index is 1.72. The van der Waals surface area contributed by atoms with Gasteiger partial charge in [0.1, 0.15) is 24.4 Å². The first-order valence-corrected chi connectivity index (χ1v) is 8.37. The van der Waals surface area contributed by atoms with E-state index in [9.17, 15) is 20.1 Å². The Labute approximate surface area is 146 Å². The lowest BCUT2D eigenvalue weighted by molar-refractivity contribution is -0.302. The highest BCUT2D eigenvalue weighted by Gasteiger charge is 2.44. The molecule has 8 heteroatoms. The van der Waals surface area contributed by atoms with Crippen LogP contribution >= 0.6 is 0 Å². The van der Waals surface area contributed by atoms with E-state index in [1.165, 1.54) is 5.57 Å². The second-order valence-corrected chi connectivity index (χ2v) is 6.31. The average Bonchev–Trinajstić information content (AvgIpc) is 3.12. The zero-order valence-electron chi connectivity index (χ0n) is 14.2. The molecular weight excluding hydrogens is 332 g/mol. The number of hydrogen-bond donors (Lipinski definition) is 4. The standard InChI is InChI=1S/C17H26O8/c1-10(16(22)23-7-6-11-4-2-3-5-11)9-24-17-15(21)14(20)13(19)12(8-18)25-17/h2-4,10,12-15,17-21H,5-9H2,1H3/t10-,12-,13-,14+,15+,17+/m1/s1. The molecule has 1 fully saturated rings. The van der Waals surface area contributed by atoms with Crippen molar-refractivity contribution >= 4 is 5.97 Å². The van der Waals surface area contributed by atoms with Crippen molar-refractivity contribution < 1.29 is 39.4 Å². The van der Waals surface area contributed by atoms with E-state index in [4.69, 9.17) is 19.3 Å². The van der Waals surface area contributed by atoms with Gasteiger partial charge in [0.15, 0.2) is 6.29 Å². The van der Waals surface area contributed by atoms with Crippen molar-refractivity contribution in [2.75, 3.05) is 19.8 Å². The second kappa shape index (κ2) is 9.42. The van der Waals surface area contributed by atoms with E-state index in [-0.39, 0.29) is 13.2 Å². The number of hydrogen-bond acceptors (Lipinski definition) is 8. The minimum atomic E-state index is -1.51. The molecule has 142 valence electrons. The molecule has 0 saturated carbocycles. The third kappa shape index (κ3) is 5.34. The number of carbonyl (C=O) groups is 1. The summed E-state index contributed by atoms with van der Waals surface area (Å²) in [6, 6.07) is 0. The highest BCUT2D eigenvalue weighted by Crippen LogP contribution is 2.22. The number of aliphatic hydroxyl groups is 4. The van der Waals surface area contributed by atoms with Gasteiger partial charge in [-0.2, -0.15) is 0 Å². The molecule has 6 atom stereocenters. The molecule has 0 unspecified atom stereocenters. The smallest absolute Gasteiger partial charge is 0.311 e. The first-order valence-electron chi connectivity index (χ1n) is 8.37. The minimum Gasteiger partial charge on any atom is -0.465 e. The van der Waals surface area contributed by atoms with Crippen LogP contribution in [-0.2, 0) is 19.0 Å². The quantitative estimate of drug-likeness (QED) is 0.418. The summed E-state index contributed by atoms with van der Waals surface area (Å²) in [7, 11) is 0. The first kappa shape index (κ1) is 20.0. The van der Waals surface area contributed by atoms with Crippen LogP contribution in [0.2, 0.25) is 0 Å². The van der Waals surface area contributed by atoms with Crippen LogP contribution in [0.3, 0.4) is 0 Å². The Bertz CT molecular complexity index is 501. The molecule has 2 aliphatic rings. The van der Waals surface area contributed by atoms with Gasteiger partial charge < -0.3 is 34.6 Å². The van der Waals surface area contributed by atoms with E-state index in [0.717, 1.165) is 6.42 Å². The Morgan fingerprint density at radius 1 is 1.32 bits per heavy atom. The topological polar surface area (TPSA) is 126 Å². The monoisotopic (exact) mass is 358 g/mol. The summed E-state index contributed by atoms with van der Waals surface area (Å²) in [5, 5.41) is 38.4. The highest BCUT2D eigenvalue weighted by atomic mass is 16.7. The summed E-state index contributed by atoms with van der Waals surface area (Å²) >= 11 is 0. The van der Waals surface area contributed by atoms with Crippen molar-refractivity contribution in [2.24, 2.45) is 5.92 Å². The molecule has 0 spiro atoms. The lowest BCUT2D eigenvalue weighted by Crippen LogP contribution is -2.59. The largest absolute Gasteiger partial charge is 0.465 e. The van der Waals surface area contributed by atoms with E-state index in [1.54, 1.807) is 6.92 Å². The molecule has 4 N–H and O–H groups in total. The number of carbonyl (C=O) groups excluding carboxylic acids is 1. The number of ether oxygens (including phenoxy) is 3. The predicted molar refractivity (Wildman–Crippen MR) is 86.3 cm³/mol. The Kier molecular flexibility index (Phi) is 7.55. The molecule has 1 aliphatic heterocycles. The fraction of sp³-hybridized carbons (Fsp3) is 0.706. The fourth-order valence-electron chi connectivity index (χ4n) is 2.61. The Morgan fingerprint density at radius 3 is 2.72 bits per heavy atom. The molecule has 0 radical (unpaired) electrons. The van der Waals surface area contributed by atoms with E-state index in [0.29, 0.717) is 6.42 Å². The van der Waals surface area contributed by atoms with Gasteiger partial charge in [-0.25, -0.2) is 0 Å². The van der Waals surface area contributed by atoms with Gasteiger partial charge in [-0.05, 0) is 13.3 Å². The number of rotatable bonds is 8. The third-order valence-corrected chi connectivity index (χ3v) is 4.28. The Morgan fingerprint density at radius 2 is 2.08 bits per heavy atom. The SMILES string of the molecule is C[C@H](CO[C@H]1O[C@H](CO)[C@@H](O)[C@H](O)[C@@H]1O)C(=O)OCCC1=CC=CC1. The van der Waals surface area contributed by atoms with Gasteiger partial charge in [0.05, 0.1) is 25.7 Å². The van der Waals surface area contributed by atoms with Crippen LogP contribution in [0.4, 0.5) is 0 Å². The normalized spacial score (nSPS) is 33.2. The van der Waals surface area contributed by atoms with Gasteiger partial charge in [0.2, 0.25) is 0 Å². The van der Waals surface area contributed by atoms with Crippen molar-refractivity contribution in [3.05, 3.63) is 23.8 Å². The number of allylic oxidation sites excluding steroid dienone is 3. The third-order valence-electron chi connectivity index (χ3n) is 4.28. The van der Waals surface area contributed by atoms with Crippen molar-refractivity contribution in [3.63, 3.8) is 0 Å². The minimum absolute atomic E-state index is 0.0915. The summed E-state index contributed by atoms with van der Waals surface area (Å²) in [6.07, 6.45) is 0.837. The number of aliphatic hydroxyl groups excluding tert-OH is 4. The van der Waals surface area contributed by atoms with Crippen molar-refractivity contribution in [1.82, 2.24) is 0 Å². The lowest BCUT2D eigenvalue weighted by atomic mass is 9.99. The van der Waals surface area contributed by atoms with Crippen LogP contribution in [0.5, 0.6) is 0 Å². The first-order chi connectivity index (χ1) is 11.9. The van der Waals surface area contributed by atoms with E-state index >= 15 is 0 Å². The molecule has 0 bridgehead atoms. The molecule has 1 aliphatic carbocycles. The molecule has 0 aromatic heterocycles. The molecule has 0 aromatic carbocycles. The summed E-state index contributed by atoms with van der Waals surface area (Å²) in [5.41, 5.74) is 1.21. The average molecular weight is 358 g/mol. The van der Waals surface area contributed by atoms with Crippen LogP contribution in [0, 0.1) is 5.92 Å². The summed E-state index contributed by atoms with van der Waals surface area (Å²) in [6.45, 7) is 1.28. The van der Waals surface area contributed by atoms with Gasteiger partial charge in [0.25, 0.3) is 0 Å². The number of esters is 1. The van der Waals surface area contributed by atoms with E-state index < -0.39 is 49.2 Å². The molecule has 8 nitrogen and oxygen atoms in total. The van der Waals surface area contributed by atoms with Crippen LogP contribution in [-0.4, -0.2) is 76.9 Å². The maximum Gasteiger partial charge on any atom is 0.311 e. The van der Waals surface area contributed by atoms with Crippen LogP contribution in [0.25, 0.3) is 0 Å². The summed E-state index contributed by atoms with van der Waals surface area (Å²) in [5.74, 6) is -1.03. The van der Waals surface area contributed by atoms with Crippen LogP contribution < -0.4 is 0 Å². The second-order valence-electron chi connectivity index (χ2n) is 6.31. The van der Waals surface area contributed by atoms with Crippen molar-refractivity contribution in [2.45, 2.75) is 50.5 Å². The van der Waals surface area contributed by atoms with E-state index in [2.05, 4.69) is 0 Å². The van der Waals surface area contributed by atoms with Crippen LogP contribution in [0.15, 0.2) is 23.8 Å². The summed E-state index contributed by atoms with van der Waals surface area (Å²) in [4.78, 5) is 11.9. The molecule has 0 amide bonds. The van der Waals surface area contributed by atoms with Crippen molar-refractivity contribution in [3.8, 4) is 0 Å². The fourth-order valence-corrected chi connectivity index (χ4v) is 2.61. The van der Waals surface area contributed by atoms with Gasteiger partial charge in [-0.3, -0.25) is 4.79 Å². The van der Waals surface area contributed by atoms with Gasteiger partial charge >= 0.3 is 5.97 Å². The predicted octanol–water partition coefficient (Wildman–Crippen LogP) is -0.741. The molecule has 1 heterocycles. The lowest BCUT2D eigenvalue weighted by Gasteiger charge is -2.39. The zero-order valence-corrected chi connectivity index (χ0v) is 14.2. The molecule has 25 heavy (non-hydrogen) atoms. The molecular formula is C17H26O8. The highest BCUT2D eigenvalue weighted by molar-refractivity contribution is 5.72. The molecule has 1 saturated heterocycles. The summed E-state index contributed by atoms with van der Waals surface area (Å²) < 4.78 is 15.7. The van der Waals surface area contributed by atoms with Crippen LogP contribution in [0.1, 0.15) is 19.8 Å². The maximum absolute atomic E-state index is 11.9. The van der Waals surface area contributed by atoms with Crippen molar-refractivity contribution in [1.29, 1.82) is 0 Å².